The normalized spacial score (nSPS) is 11.2. The first-order valence-electron chi connectivity index (χ1n) is 4.08. The molecule has 0 spiro atoms. The van der Waals surface area contributed by atoms with Crippen LogP contribution in [0.3, 0.4) is 0 Å². The number of nitrogens with zero attached hydrogens (tertiary/aromatic N) is 2. The van der Waals surface area contributed by atoms with E-state index in [1.165, 1.54) is 19.4 Å². The molecule has 15 heavy (non-hydrogen) atoms. The first kappa shape index (κ1) is 11.5. The SMILES string of the molecule is COc1ccnc(OCCC(F)(F)F)n1. The molecule has 0 unspecified atom stereocenters. The van der Waals surface area contributed by atoms with Gasteiger partial charge >= 0.3 is 12.2 Å². The second-order valence-electron chi connectivity index (χ2n) is 2.60. The number of ether oxygens (including phenoxy) is 2. The zero-order valence-corrected chi connectivity index (χ0v) is 7.91. The van der Waals surface area contributed by atoms with Gasteiger partial charge in [0.15, 0.2) is 0 Å². The minimum Gasteiger partial charge on any atom is -0.481 e. The van der Waals surface area contributed by atoms with E-state index in [1.54, 1.807) is 0 Å². The summed E-state index contributed by atoms with van der Waals surface area (Å²) in [6.45, 7) is -0.503. The third-order valence-corrected chi connectivity index (χ3v) is 1.43. The molecule has 84 valence electrons. The molecule has 0 aliphatic rings. The van der Waals surface area contributed by atoms with Gasteiger partial charge in [-0.25, -0.2) is 4.98 Å². The van der Waals surface area contributed by atoms with Gasteiger partial charge in [-0.05, 0) is 0 Å². The van der Waals surface area contributed by atoms with Crippen LogP contribution in [0.1, 0.15) is 6.42 Å². The second kappa shape index (κ2) is 4.81. The summed E-state index contributed by atoms with van der Waals surface area (Å²) in [6.07, 6.45) is -3.93. The van der Waals surface area contributed by atoms with E-state index < -0.39 is 19.2 Å². The average Bonchev–Trinajstić information content (AvgIpc) is 2.16. The molecule has 4 nitrogen and oxygen atoms in total. The first-order valence-corrected chi connectivity index (χ1v) is 4.08. The summed E-state index contributed by atoms with van der Waals surface area (Å²) in [5, 5.41) is 0. The largest absolute Gasteiger partial charge is 0.481 e. The number of rotatable bonds is 4. The van der Waals surface area contributed by atoms with E-state index in [-0.39, 0.29) is 11.9 Å². The lowest BCUT2D eigenvalue weighted by atomic mass is 10.4. The number of aromatic nitrogens is 2. The van der Waals surface area contributed by atoms with Gasteiger partial charge in [0.25, 0.3) is 0 Å². The molecule has 0 saturated heterocycles. The highest BCUT2D eigenvalue weighted by atomic mass is 19.4. The summed E-state index contributed by atoms with van der Waals surface area (Å²) in [4.78, 5) is 7.31. The highest BCUT2D eigenvalue weighted by Gasteiger charge is 2.27. The third kappa shape index (κ3) is 4.48. The Hall–Kier alpha value is -1.53. The number of alkyl halides is 3. The van der Waals surface area contributed by atoms with Gasteiger partial charge in [-0.2, -0.15) is 18.2 Å². The van der Waals surface area contributed by atoms with Crippen molar-refractivity contribution >= 4 is 0 Å². The van der Waals surface area contributed by atoms with Crippen LogP contribution in [0.15, 0.2) is 12.3 Å². The number of hydrogen-bond acceptors (Lipinski definition) is 4. The van der Waals surface area contributed by atoms with Crippen LogP contribution in [0.5, 0.6) is 11.9 Å². The van der Waals surface area contributed by atoms with Crippen LogP contribution in [0, 0.1) is 0 Å². The Balaban J connectivity index is 2.44. The van der Waals surface area contributed by atoms with Crippen molar-refractivity contribution in [3.63, 3.8) is 0 Å². The zero-order valence-electron chi connectivity index (χ0n) is 7.91. The Bertz CT molecular complexity index is 317. The maximum Gasteiger partial charge on any atom is 0.392 e. The Morgan fingerprint density at radius 2 is 2.13 bits per heavy atom. The first-order chi connectivity index (χ1) is 7.01. The topological polar surface area (TPSA) is 44.2 Å². The Labute approximate surface area is 84.1 Å². The predicted molar refractivity (Wildman–Crippen MR) is 44.8 cm³/mol. The molecule has 0 saturated carbocycles. The van der Waals surface area contributed by atoms with E-state index in [9.17, 15) is 13.2 Å². The molecule has 7 heteroatoms. The lowest BCUT2D eigenvalue weighted by Crippen LogP contribution is -2.13. The quantitative estimate of drug-likeness (QED) is 0.779. The standard InChI is InChI=1S/C8H9F3N2O2/c1-14-6-2-4-12-7(13-6)15-5-3-8(9,10)11/h2,4H,3,5H2,1H3. The van der Waals surface area contributed by atoms with E-state index in [0.29, 0.717) is 0 Å². The molecule has 0 amide bonds. The molecule has 0 radical (unpaired) electrons. The molecule has 0 aliphatic heterocycles. The Morgan fingerprint density at radius 1 is 1.40 bits per heavy atom. The van der Waals surface area contributed by atoms with Crippen LogP contribution in [0.4, 0.5) is 13.2 Å². The zero-order chi connectivity index (χ0) is 11.3. The molecular weight excluding hydrogens is 213 g/mol. The molecular formula is C8H9F3N2O2. The van der Waals surface area contributed by atoms with Crippen molar-refractivity contribution in [2.24, 2.45) is 0 Å². The molecule has 1 heterocycles. The molecule has 0 atom stereocenters. The van der Waals surface area contributed by atoms with Crippen molar-refractivity contribution in [2.75, 3.05) is 13.7 Å². The van der Waals surface area contributed by atoms with Gasteiger partial charge in [0, 0.05) is 12.3 Å². The molecule has 0 aliphatic carbocycles. The molecule has 0 fully saturated rings. The highest BCUT2D eigenvalue weighted by Crippen LogP contribution is 2.19. The molecule has 1 aromatic heterocycles. The summed E-state index contributed by atoms with van der Waals surface area (Å²) >= 11 is 0. The summed E-state index contributed by atoms with van der Waals surface area (Å²) in [5.41, 5.74) is 0. The van der Waals surface area contributed by atoms with Gasteiger partial charge in [0.2, 0.25) is 5.88 Å². The highest BCUT2D eigenvalue weighted by molar-refractivity contribution is 5.10. The van der Waals surface area contributed by atoms with Crippen molar-refractivity contribution in [1.29, 1.82) is 0 Å². The summed E-state index contributed by atoms with van der Waals surface area (Å²) < 4.78 is 44.7. The van der Waals surface area contributed by atoms with Crippen LogP contribution in [0.25, 0.3) is 0 Å². The Kier molecular flexibility index (Phi) is 3.70. The minimum atomic E-state index is -4.24. The molecule has 0 aromatic carbocycles. The number of hydrogen-bond donors (Lipinski definition) is 0. The van der Waals surface area contributed by atoms with Crippen LogP contribution in [-0.2, 0) is 0 Å². The summed E-state index contributed by atoms with van der Waals surface area (Å²) in [6, 6.07) is 1.34. The van der Waals surface area contributed by atoms with Crippen molar-refractivity contribution in [1.82, 2.24) is 9.97 Å². The predicted octanol–water partition coefficient (Wildman–Crippen LogP) is 1.82. The van der Waals surface area contributed by atoms with E-state index in [2.05, 4.69) is 9.97 Å². The lowest BCUT2D eigenvalue weighted by Gasteiger charge is -2.07. The van der Waals surface area contributed by atoms with Crippen molar-refractivity contribution in [3.8, 4) is 11.9 Å². The minimum absolute atomic E-state index is 0.126. The van der Waals surface area contributed by atoms with Crippen molar-refractivity contribution in [2.45, 2.75) is 12.6 Å². The summed E-state index contributed by atoms with van der Waals surface area (Å²) in [7, 11) is 1.39. The van der Waals surface area contributed by atoms with Gasteiger partial charge in [-0.1, -0.05) is 0 Å². The van der Waals surface area contributed by atoms with Gasteiger partial charge in [0.1, 0.15) is 6.61 Å². The van der Waals surface area contributed by atoms with Crippen LogP contribution in [-0.4, -0.2) is 29.9 Å². The monoisotopic (exact) mass is 222 g/mol. The summed E-state index contributed by atoms with van der Waals surface area (Å²) in [5.74, 6) is 0.243. The van der Waals surface area contributed by atoms with Crippen LogP contribution < -0.4 is 9.47 Å². The lowest BCUT2D eigenvalue weighted by molar-refractivity contribution is -0.139. The molecule has 0 bridgehead atoms. The number of halogens is 3. The van der Waals surface area contributed by atoms with E-state index in [0.717, 1.165) is 0 Å². The van der Waals surface area contributed by atoms with Crippen molar-refractivity contribution < 1.29 is 22.6 Å². The van der Waals surface area contributed by atoms with E-state index in [4.69, 9.17) is 9.47 Å². The molecule has 1 rings (SSSR count). The fourth-order valence-electron chi connectivity index (χ4n) is 0.766. The molecule has 0 N–H and O–H groups in total. The maximum atomic E-state index is 11.8. The molecule has 1 aromatic rings. The van der Waals surface area contributed by atoms with Crippen molar-refractivity contribution in [3.05, 3.63) is 12.3 Å². The van der Waals surface area contributed by atoms with Crippen LogP contribution >= 0.6 is 0 Å². The fourth-order valence-corrected chi connectivity index (χ4v) is 0.766. The maximum absolute atomic E-state index is 11.8. The second-order valence-corrected chi connectivity index (χ2v) is 2.60. The van der Waals surface area contributed by atoms with Crippen LogP contribution in [0.2, 0.25) is 0 Å². The van der Waals surface area contributed by atoms with Gasteiger partial charge in [-0.15, -0.1) is 0 Å². The Morgan fingerprint density at radius 3 is 2.73 bits per heavy atom. The third-order valence-electron chi connectivity index (χ3n) is 1.43. The smallest absolute Gasteiger partial charge is 0.392 e. The average molecular weight is 222 g/mol. The number of methoxy groups -OCH3 is 1. The van der Waals surface area contributed by atoms with Gasteiger partial charge in [0.05, 0.1) is 13.5 Å². The van der Waals surface area contributed by atoms with Gasteiger partial charge < -0.3 is 9.47 Å². The van der Waals surface area contributed by atoms with Gasteiger partial charge in [-0.3, -0.25) is 0 Å². The van der Waals surface area contributed by atoms with E-state index >= 15 is 0 Å². The van der Waals surface area contributed by atoms with E-state index in [1.807, 2.05) is 0 Å². The fraction of sp³-hybridized carbons (Fsp3) is 0.500.